The largest absolute Gasteiger partial charge is 0.292 e. The summed E-state index contributed by atoms with van der Waals surface area (Å²) >= 11 is 0. The van der Waals surface area contributed by atoms with Gasteiger partial charge in [0.2, 0.25) is 0 Å². The van der Waals surface area contributed by atoms with Crippen LogP contribution in [0.25, 0.3) is 16.7 Å². The van der Waals surface area contributed by atoms with E-state index in [0.717, 1.165) is 34.4 Å². The Labute approximate surface area is 152 Å². The summed E-state index contributed by atoms with van der Waals surface area (Å²) in [4.78, 5) is 12.8. The molecule has 2 aromatic heterocycles. The first kappa shape index (κ1) is 16.3. The van der Waals surface area contributed by atoms with Gasteiger partial charge in [-0.15, -0.1) is 0 Å². The van der Waals surface area contributed by atoms with Crippen LogP contribution in [0, 0.1) is 13.8 Å². The van der Waals surface area contributed by atoms with Gasteiger partial charge < -0.3 is 0 Å². The molecule has 0 spiro atoms. The minimum atomic E-state index is 0.0167. The third-order valence-electron chi connectivity index (χ3n) is 4.76. The van der Waals surface area contributed by atoms with Crippen molar-refractivity contribution in [2.24, 2.45) is 0 Å². The van der Waals surface area contributed by atoms with E-state index in [1.54, 1.807) is 6.07 Å². The maximum Gasteiger partial charge on any atom is 0.252 e. The Morgan fingerprint density at radius 3 is 2.27 bits per heavy atom. The average Bonchev–Trinajstić information content (AvgIpc) is 3.01. The fourth-order valence-electron chi connectivity index (χ4n) is 3.52. The number of aromatic nitrogens is 3. The van der Waals surface area contributed by atoms with Gasteiger partial charge >= 0.3 is 0 Å². The van der Waals surface area contributed by atoms with Crippen LogP contribution in [0.15, 0.2) is 71.5 Å². The second-order valence-electron chi connectivity index (χ2n) is 6.58. The molecule has 0 saturated carbocycles. The highest BCUT2D eigenvalue weighted by molar-refractivity contribution is 5.83. The van der Waals surface area contributed by atoms with Crippen molar-refractivity contribution in [2.75, 3.05) is 0 Å². The molecule has 0 aliphatic rings. The van der Waals surface area contributed by atoms with E-state index in [-0.39, 0.29) is 5.56 Å². The number of rotatable bonds is 4. The molecule has 4 aromatic rings. The van der Waals surface area contributed by atoms with E-state index < -0.39 is 0 Å². The van der Waals surface area contributed by atoms with Gasteiger partial charge in [0.25, 0.3) is 5.56 Å². The standard InChI is InChI=1S/C22H21N3O/c1-16-15-20(26)24(14-13-18-9-5-3-6-10-18)22-21(16)17(2)23-25(22)19-11-7-4-8-12-19/h3-12,15H,13-14H2,1-2H3. The molecule has 26 heavy (non-hydrogen) atoms. The third kappa shape index (κ3) is 2.84. The van der Waals surface area contributed by atoms with Gasteiger partial charge in [0.15, 0.2) is 0 Å². The summed E-state index contributed by atoms with van der Waals surface area (Å²) in [5, 5.41) is 5.79. The van der Waals surface area contributed by atoms with E-state index in [0.29, 0.717) is 6.54 Å². The van der Waals surface area contributed by atoms with Gasteiger partial charge in [0.05, 0.1) is 11.4 Å². The van der Waals surface area contributed by atoms with Gasteiger partial charge in [-0.05, 0) is 43.5 Å². The Balaban J connectivity index is 1.90. The van der Waals surface area contributed by atoms with Gasteiger partial charge in [-0.3, -0.25) is 9.36 Å². The number of hydrogen-bond donors (Lipinski definition) is 0. The summed E-state index contributed by atoms with van der Waals surface area (Å²) in [6.07, 6.45) is 0.803. The van der Waals surface area contributed by atoms with Crippen LogP contribution in [0.5, 0.6) is 0 Å². The Bertz CT molecular complexity index is 1110. The molecule has 0 aliphatic carbocycles. The van der Waals surface area contributed by atoms with Crippen LogP contribution in [0.3, 0.4) is 0 Å². The number of aryl methyl sites for hydroxylation is 4. The summed E-state index contributed by atoms with van der Waals surface area (Å²) in [5.41, 5.74) is 4.98. The Hall–Kier alpha value is -3.14. The van der Waals surface area contributed by atoms with Gasteiger partial charge in [0, 0.05) is 18.0 Å². The van der Waals surface area contributed by atoms with Crippen LogP contribution >= 0.6 is 0 Å². The van der Waals surface area contributed by atoms with Gasteiger partial charge in [0.1, 0.15) is 5.65 Å². The Morgan fingerprint density at radius 1 is 0.923 bits per heavy atom. The van der Waals surface area contributed by atoms with Crippen molar-refractivity contribution >= 4 is 11.0 Å². The van der Waals surface area contributed by atoms with E-state index in [4.69, 9.17) is 5.10 Å². The van der Waals surface area contributed by atoms with Crippen molar-refractivity contribution < 1.29 is 0 Å². The molecule has 4 rings (SSSR count). The molecule has 4 heteroatoms. The highest BCUT2D eigenvalue weighted by Gasteiger charge is 2.16. The topological polar surface area (TPSA) is 39.8 Å². The first-order valence-electron chi connectivity index (χ1n) is 8.84. The number of pyridine rings is 1. The number of para-hydroxylation sites is 1. The monoisotopic (exact) mass is 343 g/mol. The first-order valence-corrected chi connectivity index (χ1v) is 8.84. The molecule has 0 radical (unpaired) electrons. The highest BCUT2D eigenvalue weighted by atomic mass is 16.1. The van der Waals surface area contributed by atoms with Crippen molar-refractivity contribution in [1.29, 1.82) is 0 Å². The zero-order valence-corrected chi connectivity index (χ0v) is 15.0. The summed E-state index contributed by atoms with van der Waals surface area (Å²) in [6, 6.07) is 22.0. The molecule has 0 fully saturated rings. The lowest BCUT2D eigenvalue weighted by atomic mass is 10.1. The second-order valence-corrected chi connectivity index (χ2v) is 6.58. The van der Waals surface area contributed by atoms with Crippen molar-refractivity contribution in [2.45, 2.75) is 26.8 Å². The molecule has 0 aliphatic heterocycles. The number of hydrogen-bond acceptors (Lipinski definition) is 2. The van der Waals surface area contributed by atoms with Gasteiger partial charge in [-0.25, -0.2) is 4.68 Å². The zero-order chi connectivity index (χ0) is 18.1. The summed E-state index contributed by atoms with van der Waals surface area (Å²) < 4.78 is 3.74. The van der Waals surface area contributed by atoms with Gasteiger partial charge in [-0.1, -0.05) is 48.5 Å². The molecule has 0 unspecified atom stereocenters. The Kier molecular flexibility index (Phi) is 4.17. The SMILES string of the molecule is Cc1cc(=O)n(CCc2ccccc2)c2c1c(C)nn2-c1ccccc1. The van der Waals surface area contributed by atoms with Crippen molar-refractivity contribution in [3.05, 3.63) is 93.9 Å². The van der Waals surface area contributed by atoms with Crippen molar-refractivity contribution in [3.8, 4) is 5.69 Å². The molecule has 130 valence electrons. The van der Waals surface area contributed by atoms with Crippen LogP contribution in [-0.2, 0) is 13.0 Å². The van der Waals surface area contributed by atoms with E-state index in [9.17, 15) is 4.79 Å². The van der Waals surface area contributed by atoms with Crippen LogP contribution in [0.1, 0.15) is 16.8 Å². The van der Waals surface area contributed by atoms with Crippen molar-refractivity contribution in [1.82, 2.24) is 14.3 Å². The first-order chi connectivity index (χ1) is 12.6. The Morgan fingerprint density at radius 2 is 1.58 bits per heavy atom. The molecule has 2 aromatic carbocycles. The molecular formula is C22H21N3O. The number of fused-ring (bicyclic) bond motifs is 1. The van der Waals surface area contributed by atoms with Crippen LogP contribution in [0.4, 0.5) is 0 Å². The van der Waals surface area contributed by atoms with Crippen molar-refractivity contribution in [3.63, 3.8) is 0 Å². The smallest absolute Gasteiger partial charge is 0.252 e. The second kappa shape index (κ2) is 6.64. The molecule has 2 heterocycles. The van der Waals surface area contributed by atoms with E-state index in [1.165, 1.54) is 5.56 Å². The van der Waals surface area contributed by atoms with E-state index in [1.807, 2.05) is 71.6 Å². The fourth-order valence-corrected chi connectivity index (χ4v) is 3.52. The minimum Gasteiger partial charge on any atom is -0.292 e. The highest BCUT2D eigenvalue weighted by Crippen LogP contribution is 2.23. The molecule has 0 saturated heterocycles. The average molecular weight is 343 g/mol. The molecule has 0 bridgehead atoms. The van der Waals surface area contributed by atoms with E-state index >= 15 is 0 Å². The molecule has 0 atom stereocenters. The zero-order valence-electron chi connectivity index (χ0n) is 15.0. The lowest BCUT2D eigenvalue weighted by Gasteiger charge is -2.12. The summed E-state index contributed by atoms with van der Waals surface area (Å²) in [5.74, 6) is 0. The minimum absolute atomic E-state index is 0.0167. The number of benzene rings is 2. The molecular weight excluding hydrogens is 322 g/mol. The normalized spacial score (nSPS) is 11.2. The van der Waals surface area contributed by atoms with Crippen LogP contribution in [0.2, 0.25) is 0 Å². The quantitative estimate of drug-likeness (QED) is 0.561. The maximum absolute atomic E-state index is 12.8. The lowest BCUT2D eigenvalue weighted by molar-refractivity contribution is 0.674. The lowest BCUT2D eigenvalue weighted by Crippen LogP contribution is -2.23. The third-order valence-corrected chi connectivity index (χ3v) is 4.76. The van der Waals surface area contributed by atoms with Crippen LogP contribution in [-0.4, -0.2) is 14.3 Å². The predicted octanol–water partition coefficient (Wildman–Crippen LogP) is 4.05. The molecule has 4 nitrogen and oxygen atoms in total. The maximum atomic E-state index is 12.8. The summed E-state index contributed by atoms with van der Waals surface area (Å²) in [7, 11) is 0. The van der Waals surface area contributed by atoms with Crippen LogP contribution < -0.4 is 5.56 Å². The van der Waals surface area contributed by atoms with E-state index in [2.05, 4.69) is 12.1 Å². The fraction of sp³-hybridized carbons (Fsp3) is 0.182. The number of nitrogens with zero attached hydrogens (tertiary/aromatic N) is 3. The molecule has 0 N–H and O–H groups in total. The molecule has 0 amide bonds. The predicted molar refractivity (Wildman–Crippen MR) is 105 cm³/mol. The summed E-state index contributed by atoms with van der Waals surface area (Å²) in [6.45, 7) is 4.60. The van der Waals surface area contributed by atoms with Gasteiger partial charge in [-0.2, -0.15) is 5.10 Å².